The number of carbonyl (C=O) groups is 2. The Kier molecular flexibility index (Phi) is 5.56. The molecule has 0 bridgehead atoms. The molecule has 1 N–H and O–H groups in total. The van der Waals surface area contributed by atoms with Crippen LogP contribution in [0.3, 0.4) is 0 Å². The van der Waals surface area contributed by atoms with Crippen LogP contribution in [0.5, 0.6) is 5.75 Å². The van der Waals surface area contributed by atoms with E-state index in [1.165, 1.54) is 31.4 Å². The van der Waals surface area contributed by atoms with Crippen LogP contribution in [0, 0.1) is 5.92 Å². The molecule has 1 aliphatic rings. The van der Waals surface area contributed by atoms with E-state index < -0.39 is 27.8 Å². The van der Waals surface area contributed by atoms with Crippen LogP contribution in [0.2, 0.25) is 10.0 Å². The van der Waals surface area contributed by atoms with Gasteiger partial charge in [0.1, 0.15) is 5.75 Å². The third-order valence-corrected chi connectivity index (χ3v) is 6.62. The minimum Gasteiger partial charge on any atom is -0.495 e. The maximum absolute atomic E-state index is 12.6. The highest BCUT2D eigenvalue weighted by molar-refractivity contribution is 7.94. The standard InChI is InChI=1S/C18H16Cl2N2O5S/c1-10-9-28(25,26)22(18(10)24)12-4-5-13(14(20)8-12)17(23)21-15-7-11(19)3-6-16(15)27-2/h3-8,10H,9H2,1-2H3,(H,21,23). The summed E-state index contributed by atoms with van der Waals surface area (Å²) in [6, 6.07) is 8.75. The van der Waals surface area contributed by atoms with Gasteiger partial charge in [-0.05, 0) is 36.4 Å². The van der Waals surface area contributed by atoms with Gasteiger partial charge in [-0.3, -0.25) is 9.59 Å². The van der Waals surface area contributed by atoms with Crippen molar-refractivity contribution in [3.63, 3.8) is 0 Å². The number of nitrogens with zero attached hydrogens (tertiary/aromatic N) is 1. The number of benzene rings is 2. The van der Waals surface area contributed by atoms with E-state index in [1.54, 1.807) is 19.1 Å². The van der Waals surface area contributed by atoms with Crippen molar-refractivity contribution in [1.29, 1.82) is 0 Å². The molecule has 2 amide bonds. The van der Waals surface area contributed by atoms with Crippen LogP contribution in [0.1, 0.15) is 17.3 Å². The van der Waals surface area contributed by atoms with Crippen molar-refractivity contribution in [2.75, 3.05) is 22.5 Å². The summed E-state index contributed by atoms with van der Waals surface area (Å²) >= 11 is 12.2. The summed E-state index contributed by atoms with van der Waals surface area (Å²) in [6.07, 6.45) is 0. The van der Waals surface area contributed by atoms with Gasteiger partial charge in [0, 0.05) is 5.02 Å². The SMILES string of the molecule is COc1ccc(Cl)cc1NC(=O)c1ccc(N2C(=O)C(C)CS2(=O)=O)cc1Cl. The lowest BCUT2D eigenvalue weighted by Crippen LogP contribution is -2.30. The largest absolute Gasteiger partial charge is 0.495 e. The molecule has 1 unspecified atom stereocenters. The average Bonchev–Trinajstić information content (AvgIpc) is 2.82. The molecule has 1 atom stereocenters. The Balaban J connectivity index is 1.90. The quantitative estimate of drug-likeness (QED) is 0.780. The molecule has 0 aliphatic carbocycles. The first kappa shape index (κ1) is 20.4. The maximum atomic E-state index is 12.6. The molecule has 28 heavy (non-hydrogen) atoms. The molecule has 1 aliphatic heterocycles. The molecule has 0 radical (unpaired) electrons. The molecule has 0 spiro atoms. The van der Waals surface area contributed by atoms with Gasteiger partial charge in [-0.15, -0.1) is 0 Å². The van der Waals surface area contributed by atoms with Gasteiger partial charge in [0.25, 0.3) is 5.91 Å². The van der Waals surface area contributed by atoms with Crippen LogP contribution in [0.4, 0.5) is 11.4 Å². The van der Waals surface area contributed by atoms with E-state index in [1.807, 2.05) is 0 Å². The number of carbonyl (C=O) groups excluding carboxylic acids is 2. The molecule has 1 fully saturated rings. The number of halogens is 2. The highest BCUT2D eigenvalue weighted by Crippen LogP contribution is 2.33. The van der Waals surface area contributed by atoms with E-state index >= 15 is 0 Å². The number of hydrogen-bond acceptors (Lipinski definition) is 5. The number of rotatable bonds is 4. The van der Waals surface area contributed by atoms with E-state index in [9.17, 15) is 18.0 Å². The lowest BCUT2D eigenvalue weighted by molar-refractivity contribution is -0.119. The summed E-state index contributed by atoms with van der Waals surface area (Å²) < 4.78 is 30.3. The van der Waals surface area contributed by atoms with Crippen molar-refractivity contribution in [2.24, 2.45) is 5.92 Å². The van der Waals surface area contributed by atoms with E-state index in [0.29, 0.717) is 16.5 Å². The third kappa shape index (κ3) is 3.80. The summed E-state index contributed by atoms with van der Waals surface area (Å²) in [4.78, 5) is 24.8. The minimum atomic E-state index is -3.76. The van der Waals surface area contributed by atoms with Gasteiger partial charge in [0.2, 0.25) is 15.9 Å². The van der Waals surface area contributed by atoms with Gasteiger partial charge in [-0.25, -0.2) is 12.7 Å². The molecule has 10 heteroatoms. The van der Waals surface area contributed by atoms with Gasteiger partial charge in [-0.1, -0.05) is 30.1 Å². The molecule has 2 aromatic rings. The molecule has 0 saturated carbocycles. The third-order valence-electron chi connectivity index (χ3n) is 4.20. The van der Waals surface area contributed by atoms with Crippen molar-refractivity contribution in [2.45, 2.75) is 6.92 Å². The molecule has 0 aromatic heterocycles. The highest BCUT2D eigenvalue weighted by Gasteiger charge is 2.42. The van der Waals surface area contributed by atoms with Gasteiger partial charge in [0.05, 0.1) is 40.7 Å². The number of amides is 2. The molecule has 7 nitrogen and oxygen atoms in total. The zero-order valence-electron chi connectivity index (χ0n) is 14.9. The first-order chi connectivity index (χ1) is 13.1. The number of methoxy groups -OCH3 is 1. The number of hydrogen-bond donors (Lipinski definition) is 1. The Labute approximate surface area is 172 Å². The van der Waals surface area contributed by atoms with Crippen molar-refractivity contribution in [3.05, 3.63) is 52.0 Å². The van der Waals surface area contributed by atoms with Crippen LogP contribution in [-0.2, 0) is 14.8 Å². The predicted molar refractivity (Wildman–Crippen MR) is 108 cm³/mol. The van der Waals surface area contributed by atoms with E-state index in [2.05, 4.69) is 5.32 Å². The zero-order valence-corrected chi connectivity index (χ0v) is 17.2. The summed E-state index contributed by atoms with van der Waals surface area (Å²) in [7, 11) is -2.30. The highest BCUT2D eigenvalue weighted by atomic mass is 35.5. The first-order valence-electron chi connectivity index (χ1n) is 8.15. The zero-order chi connectivity index (χ0) is 20.6. The van der Waals surface area contributed by atoms with Crippen molar-refractivity contribution in [1.82, 2.24) is 0 Å². The van der Waals surface area contributed by atoms with Crippen LogP contribution < -0.4 is 14.4 Å². The van der Waals surface area contributed by atoms with Crippen LogP contribution in [-0.4, -0.2) is 33.1 Å². The molecule has 1 heterocycles. The fourth-order valence-corrected chi connectivity index (χ4v) is 5.11. The summed E-state index contributed by atoms with van der Waals surface area (Å²) in [5.74, 6) is -1.56. The summed E-state index contributed by atoms with van der Waals surface area (Å²) in [6.45, 7) is 1.54. The molecule has 148 valence electrons. The summed E-state index contributed by atoms with van der Waals surface area (Å²) in [5.41, 5.74) is 0.548. The van der Waals surface area contributed by atoms with E-state index in [0.717, 1.165) is 4.31 Å². The van der Waals surface area contributed by atoms with Crippen LogP contribution in [0.25, 0.3) is 0 Å². The number of anilines is 2. The Hall–Kier alpha value is -2.29. The first-order valence-corrected chi connectivity index (χ1v) is 10.5. The topological polar surface area (TPSA) is 92.8 Å². The van der Waals surface area contributed by atoms with Gasteiger partial charge in [0.15, 0.2) is 0 Å². The Morgan fingerprint density at radius 1 is 1.21 bits per heavy atom. The minimum absolute atomic E-state index is 0.00134. The Morgan fingerprint density at radius 2 is 1.93 bits per heavy atom. The van der Waals surface area contributed by atoms with Crippen molar-refractivity contribution in [3.8, 4) is 5.75 Å². The lowest BCUT2D eigenvalue weighted by Gasteiger charge is -2.17. The normalized spacial score (nSPS) is 18.2. The second-order valence-corrected chi connectivity index (χ2v) is 8.95. The van der Waals surface area contributed by atoms with Crippen LogP contribution >= 0.6 is 23.2 Å². The fraction of sp³-hybridized carbons (Fsp3) is 0.222. The smallest absolute Gasteiger partial charge is 0.257 e. The fourth-order valence-electron chi connectivity index (χ4n) is 2.87. The molecule has 3 rings (SSSR count). The van der Waals surface area contributed by atoms with Crippen LogP contribution in [0.15, 0.2) is 36.4 Å². The monoisotopic (exact) mass is 442 g/mol. The Morgan fingerprint density at radius 3 is 2.50 bits per heavy atom. The van der Waals surface area contributed by atoms with Gasteiger partial charge < -0.3 is 10.1 Å². The summed E-state index contributed by atoms with van der Waals surface area (Å²) in [5, 5.41) is 3.05. The number of sulfonamides is 1. The van der Waals surface area contributed by atoms with Crippen molar-refractivity contribution >= 4 is 56.4 Å². The van der Waals surface area contributed by atoms with E-state index in [4.69, 9.17) is 27.9 Å². The molecule has 2 aromatic carbocycles. The van der Waals surface area contributed by atoms with Crippen molar-refractivity contribution < 1.29 is 22.7 Å². The lowest BCUT2D eigenvalue weighted by atomic mass is 10.1. The molecular weight excluding hydrogens is 427 g/mol. The Bertz CT molecular complexity index is 1070. The maximum Gasteiger partial charge on any atom is 0.257 e. The van der Waals surface area contributed by atoms with Gasteiger partial charge >= 0.3 is 0 Å². The van der Waals surface area contributed by atoms with E-state index in [-0.39, 0.29) is 22.0 Å². The number of ether oxygens (including phenoxy) is 1. The molecular formula is C18H16Cl2N2O5S. The predicted octanol–water partition coefficient (Wildman–Crippen LogP) is 3.57. The number of nitrogens with one attached hydrogen (secondary N) is 1. The second kappa shape index (κ2) is 7.62. The average molecular weight is 443 g/mol. The molecule has 1 saturated heterocycles. The van der Waals surface area contributed by atoms with Gasteiger partial charge in [-0.2, -0.15) is 0 Å². The second-order valence-electron chi connectivity index (χ2n) is 6.25.